The quantitative estimate of drug-likeness (QED) is 0.235. The summed E-state index contributed by atoms with van der Waals surface area (Å²) in [6.45, 7) is 1.13. The molecule has 244 valence electrons. The Labute approximate surface area is 279 Å². The minimum Gasteiger partial charge on any atom is -0.330 e. The van der Waals surface area contributed by atoms with Gasteiger partial charge in [-0.15, -0.1) is 0 Å². The van der Waals surface area contributed by atoms with Crippen molar-refractivity contribution < 1.29 is 19.2 Å². The van der Waals surface area contributed by atoms with Crippen molar-refractivity contribution in [2.24, 2.45) is 0 Å². The van der Waals surface area contributed by atoms with Crippen LogP contribution in [0.1, 0.15) is 48.2 Å². The van der Waals surface area contributed by atoms with Crippen molar-refractivity contribution in [2.45, 2.75) is 50.6 Å². The fourth-order valence-corrected chi connectivity index (χ4v) is 6.19. The normalized spacial score (nSPS) is 17.4. The topological polar surface area (TPSA) is 125 Å². The lowest BCUT2D eigenvalue weighted by atomic mass is 10.1. The standard InChI is InChI=1S/C38H38N6O4/c45-35(25-31-7-1-3-21-39-31)43-23-5-9-33(43)37(47)41-29-17-13-27(14-18-29)11-12-28-15-19-30(20-16-28)42-38(48)34-10-6-24-44(34)36(46)26-32-8-2-4-22-40-32/h1-4,7-8,11-22,33-34H,5-6,9-10,23-26H2,(H,41,47)(H,42,48)/t33-,34-/m0/s1. The monoisotopic (exact) mass is 642 g/mol. The van der Waals surface area contributed by atoms with Crippen molar-refractivity contribution >= 4 is 47.2 Å². The van der Waals surface area contributed by atoms with E-state index in [1.807, 2.05) is 97.1 Å². The number of pyridine rings is 2. The smallest absolute Gasteiger partial charge is 0.247 e. The van der Waals surface area contributed by atoms with Gasteiger partial charge in [0.25, 0.3) is 0 Å². The largest absolute Gasteiger partial charge is 0.330 e. The number of carbonyl (C=O) groups excluding carboxylic acids is 4. The zero-order valence-electron chi connectivity index (χ0n) is 26.6. The number of benzene rings is 2. The van der Waals surface area contributed by atoms with E-state index in [0.717, 1.165) is 24.0 Å². The Bertz CT molecular complexity index is 1630. The molecule has 2 aliphatic rings. The van der Waals surface area contributed by atoms with Crippen LogP contribution in [-0.4, -0.2) is 68.6 Å². The van der Waals surface area contributed by atoms with Crippen LogP contribution in [0.5, 0.6) is 0 Å². The number of nitrogens with zero attached hydrogens (tertiary/aromatic N) is 4. The number of carbonyl (C=O) groups is 4. The minimum atomic E-state index is -0.495. The highest BCUT2D eigenvalue weighted by atomic mass is 16.2. The molecule has 4 amide bonds. The van der Waals surface area contributed by atoms with Gasteiger partial charge in [0, 0.05) is 48.2 Å². The van der Waals surface area contributed by atoms with Crippen LogP contribution >= 0.6 is 0 Å². The first-order valence-corrected chi connectivity index (χ1v) is 16.3. The van der Waals surface area contributed by atoms with Gasteiger partial charge in [0.05, 0.1) is 12.8 Å². The van der Waals surface area contributed by atoms with E-state index in [2.05, 4.69) is 20.6 Å². The van der Waals surface area contributed by atoms with Gasteiger partial charge in [-0.25, -0.2) is 0 Å². The lowest BCUT2D eigenvalue weighted by Gasteiger charge is -2.24. The first-order chi connectivity index (χ1) is 23.4. The second-order valence-electron chi connectivity index (χ2n) is 12.0. The summed E-state index contributed by atoms with van der Waals surface area (Å²) in [4.78, 5) is 63.7. The lowest BCUT2D eigenvalue weighted by Crippen LogP contribution is -2.43. The van der Waals surface area contributed by atoms with Crippen LogP contribution in [0.2, 0.25) is 0 Å². The number of aromatic nitrogens is 2. The summed E-state index contributed by atoms with van der Waals surface area (Å²) in [7, 11) is 0. The predicted octanol–water partition coefficient (Wildman–Crippen LogP) is 4.99. The Hall–Kier alpha value is -5.64. The molecule has 2 aliphatic heterocycles. The molecular formula is C38H38N6O4. The maximum Gasteiger partial charge on any atom is 0.247 e. The molecule has 10 nitrogen and oxygen atoms in total. The van der Waals surface area contributed by atoms with Gasteiger partial charge in [-0.3, -0.25) is 29.1 Å². The Morgan fingerprint density at radius 3 is 1.40 bits per heavy atom. The molecule has 4 heterocycles. The van der Waals surface area contributed by atoms with Crippen LogP contribution < -0.4 is 10.6 Å². The van der Waals surface area contributed by atoms with E-state index in [-0.39, 0.29) is 36.5 Å². The third-order valence-corrected chi connectivity index (χ3v) is 8.69. The number of likely N-dealkylation sites (tertiary alicyclic amines) is 2. The first kappa shape index (κ1) is 32.3. The maximum absolute atomic E-state index is 13.1. The summed E-state index contributed by atoms with van der Waals surface area (Å²) in [5.74, 6) is -0.554. The van der Waals surface area contributed by atoms with Gasteiger partial charge in [0.2, 0.25) is 23.6 Å². The summed E-state index contributed by atoms with van der Waals surface area (Å²) in [6, 6.07) is 25.0. The van der Waals surface area contributed by atoms with Crippen LogP contribution in [0.4, 0.5) is 11.4 Å². The van der Waals surface area contributed by atoms with E-state index in [4.69, 9.17) is 0 Å². The average molecular weight is 643 g/mol. The number of amides is 4. The van der Waals surface area contributed by atoms with Gasteiger partial charge in [-0.1, -0.05) is 48.6 Å². The first-order valence-electron chi connectivity index (χ1n) is 16.3. The average Bonchev–Trinajstić information content (AvgIpc) is 3.81. The van der Waals surface area contributed by atoms with Crippen LogP contribution in [0.3, 0.4) is 0 Å². The van der Waals surface area contributed by atoms with Crippen molar-refractivity contribution in [3.8, 4) is 0 Å². The molecule has 6 rings (SSSR count). The molecule has 10 heteroatoms. The third kappa shape index (κ3) is 8.19. The van der Waals surface area contributed by atoms with Crippen molar-refractivity contribution in [3.05, 3.63) is 120 Å². The Balaban J connectivity index is 0.985. The van der Waals surface area contributed by atoms with E-state index >= 15 is 0 Å². The van der Waals surface area contributed by atoms with Gasteiger partial charge in [-0.05, 0) is 85.3 Å². The fourth-order valence-electron chi connectivity index (χ4n) is 6.19. The minimum absolute atomic E-state index is 0.0910. The number of anilines is 2. The zero-order valence-corrected chi connectivity index (χ0v) is 26.6. The fraction of sp³-hybridized carbons (Fsp3) is 0.263. The van der Waals surface area contributed by atoms with Crippen LogP contribution in [0.15, 0.2) is 97.3 Å². The van der Waals surface area contributed by atoms with E-state index < -0.39 is 12.1 Å². The van der Waals surface area contributed by atoms with Gasteiger partial charge < -0.3 is 20.4 Å². The molecule has 2 aromatic carbocycles. The van der Waals surface area contributed by atoms with Crippen molar-refractivity contribution in [1.82, 2.24) is 19.8 Å². The Morgan fingerprint density at radius 2 is 1.02 bits per heavy atom. The molecule has 2 aromatic heterocycles. The van der Waals surface area contributed by atoms with Crippen LogP contribution in [0.25, 0.3) is 12.2 Å². The molecule has 0 aliphatic carbocycles. The Kier molecular flexibility index (Phi) is 10.3. The third-order valence-electron chi connectivity index (χ3n) is 8.69. The second-order valence-corrected chi connectivity index (χ2v) is 12.0. The van der Waals surface area contributed by atoms with Crippen LogP contribution in [0, 0.1) is 0 Å². The summed E-state index contributed by atoms with van der Waals surface area (Å²) in [5.41, 5.74) is 4.63. The molecule has 0 saturated carbocycles. The van der Waals surface area contributed by atoms with E-state index in [9.17, 15) is 19.2 Å². The van der Waals surface area contributed by atoms with Gasteiger partial charge in [-0.2, -0.15) is 0 Å². The van der Waals surface area contributed by atoms with E-state index in [1.165, 1.54) is 0 Å². The van der Waals surface area contributed by atoms with Gasteiger partial charge in [0.15, 0.2) is 0 Å². The highest BCUT2D eigenvalue weighted by Crippen LogP contribution is 2.23. The highest BCUT2D eigenvalue weighted by molar-refractivity contribution is 5.98. The molecule has 0 radical (unpaired) electrons. The van der Waals surface area contributed by atoms with E-state index in [1.54, 1.807) is 22.2 Å². The molecule has 4 aromatic rings. The number of hydrogen-bond donors (Lipinski definition) is 2. The summed E-state index contributed by atoms with van der Waals surface area (Å²) >= 11 is 0. The molecule has 0 spiro atoms. The summed E-state index contributed by atoms with van der Waals surface area (Å²) < 4.78 is 0. The summed E-state index contributed by atoms with van der Waals surface area (Å²) in [5, 5.41) is 5.93. The highest BCUT2D eigenvalue weighted by Gasteiger charge is 2.35. The van der Waals surface area contributed by atoms with Gasteiger partial charge in [0.1, 0.15) is 12.1 Å². The predicted molar refractivity (Wildman–Crippen MR) is 184 cm³/mol. The molecule has 2 N–H and O–H groups in total. The maximum atomic E-state index is 13.1. The molecule has 0 unspecified atom stereocenters. The molecule has 2 fully saturated rings. The number of rotatable bonds is 10. The van der Waals surface area contributed by atoms with Crippen molar-refractivity contribution in [2.75, 3.05) is 23.7 Å². The molecule has 48 heavy (non-hydrogen) atoms. The second kappa shape index (κ2) is 15.3. The van der Waals surface area contributed by atoms with Crippen molar-refractivity contribution in [1.29, 1.82) is 0 Å². The summed E-state index contributed by atoms with van der Waals surface area (Å²) in [6.07, 6.45) is 10.5. The molecular weight excluding hydrogens is 604 g/mol. The van der Waals surface area contributed by atoms with Crippen molar-refractivity contribution in [3.63, 3.8) is 0 Å². The number of nitrogens with one attached hydrogen (secondary N) is 2. The van der Waals surface area contributed by atoms with Crippen LogP contribution in [-0.2, 0) is 32.0 Å². The zero-order chi connectivity index (χ0) is 33.3. The SMILES string of the molecule is O=C(Nc1ccc(C=Cc2ccc(NC(=O)[C@@H]3CCCN3C(=O)Cc3ccccn3)cc2)cc1)[C@@H]1CCCN1C(=O)Cc1ccccn1. The number of hydrogen-bond acceptors (Lipinski definition) is 6. The Morgan fingerprint density at radius 1 is 0.604 bits per heavy atom. The molecule has 0 bridgehead atoms. The molecule has 2 saturated heterocycles. The van der Waals surface area contributed by atoms with Gasteiger partial charge >= 0.3 is 0 Å². The van der Waals surface area contributed by atoms with E-state index in [0.29, 0.717) is 48.7 Å². The molecule has 2 atom stereocenters. The lowest BCUT2D eigenvalue weighted by molar-refractivity contribution is -0.136.